The van der Waals surface area contributed by atoms with Gasteiger partial charge in [0.1, 0.15) is 0 Å². The Kier molecular flexibility index (Phi) is 4.20. The van der Waals surface area contributed by atoms with Crippen LogP contribution in [0.3, 0.4) is 0 Å². The van der Waals surface area contributed by atoms with Gasteiger partial charge in [0, 0.05) is 37.6 Å². The van der Waals surface area contributed by atoms with E-state index in [1.54, 1.807) is 0 Å². The molecule has 2 N–H and O–H groups in total. The highest BCUT2D eigenvalue weighted by atomic mass is 16.5. The molecule has 0 saturated heterocycles. The summed E-state index contributed by atoms with van der Waals surface area (Å²) < 4.78 is 5.24. The second-order valence-corrected chi connectivity index (χ2v) is 4.48. The lowest BCUT2D eigenvalue weighted by Crippen LogP contribution is -2.28. The van der Waals surface area contributed by atoms with Gasteiger partial charge in [0.2, 0.25) is 5.91 Å². The number of anilines is 2. The number of nitrogens with zero attached hydrogens (tertiary/aromatic N) is 1. The van der Waals surface area contributed by atoms with Crippen LogP contribution in [0.1, 0.15) is 25.3 Å². The van der Waals surface area contributed by atoms with Crippen LogP contribution in [0.25, 0.3) is 0 Å². The molecule has 4 nitrogen and oxygen atoms in total. The maximum atomic E-state index is 12.1. The van der Waals surface area contributed by atoms with Gasteiger partial charge >= 0.3 is 0 Å². The van der Waals surface area contributed by atoms with E-state index in [1.807, 2.05) is 30.0 Å². The van der Waals surface area contributed by atoms with Crippen LogP contribution < -0.4 is 10.6 Å². The predicted octanol–water partition coefficient (Wildman–Crippen LogP) is 1.97. The van der Waals surface area contributed by atoms with Gasteiger partial charge in [-0.05, 0) is 37.5 Å². The van der Waals surface area contributed by atoms with Gasteiger partial charge in [-0.1, -0.05) is 6.07 Å². The molecule has 0 aliphatic carbocycles. The van der Waals surface area contributed by atoms with Crippen molar-refractivity contribution in [1.29, 1.82) is 0 Å². The first-order valence-electron chi connectivity index (χ1n) is 6.49. The third kappa shape index (κ3) is 2.82. The van der Waals surface area contributed by atoms with E-state index in [4.69, 9.17) is 10.5 Å². The fraction of sp³-hybridized carbons (Fsp3) is 0.500. The second kappa shape index (κ2) is 5.87. The van der Waals surface area contributed by atoms with Crippen molar-refractivity contribution >= 4 is 17.3 Å². The summed E-state index contributed by atoms with van der Waals surface area (Å²) in [6.07, 6.45) is 2.24. The first-order chi connectivity index (χ1) is 8.72. The van der Waals surface area contributed by atoms with E-state index in [9.17, 15) is 4.79 Å². The van der Waals surface area contributed by atoms with Crippen molar-refractivity contribution in [2.45, 2.75) is 26.2 Å². The third-order valence-electron chi connectivity index (χ3n) is 3.19. The zero-order valence-electron chi connectivity index (χ0n) is 10.8. The maximum absolute atomic E-state index is 12.1. The number of rotatable bonds is 5. The molecule has 1 aromatic rings. The van der Waals surface area contributed by atoms with E-state index in [2.05, 4.69) is 0 Å². The fourth-order valence-electron chi connectivity index (χ4n) is 2.26. The van der Waals surface area contributed by atoms with E-state index in [0.717, 1.165) is 25.1 Å². The minimum Gasteiger partial charge on any atom is -0.399 e. The number of benzene rings is 1. The van der Waals surface area contributed by atoms with Crippen LogP contribution in [0, 0.1) is 0 Å². The summed E-state index contributed by atoms with van der Waals surface area (Å²) in [5.41, 5.74) is 8.68. The summed E-state index contributed by atoms with van der Waals surface area (Å²) in [6, 6.07) is 5.79. The zero-order chi connectivity index (χ0) is 13.0. The lowest BCUT2D eigenvalue weighted by molar-refractivity contribution is -0.118. The Bertz CT molecular complexity index is 432. The molecule has 0 radical (unpaired) electrons. The number of fused-ring (bicyclic) bond motifs is 1. The molecule has 0 fully saturated rings. The summed E-state index contributed by atoms with van der Waals surface area (Å²) in [4.78, 5) is 14.0. The van der Waals surface area contributed by atoms with Crippen LogP contribution in [0.5, 0.6) is 0 Å². The lowest BCUT2D eigenvalue weighted by atomic mass is 10.1. The molecule has 1 aliphatic rings. The Morgan fingerprint density at radius 1 is 1.50 bits per heavy atom. The van der Waals surface area contributed by atoms with Gasteiger partial charge in [-0.25, -0.2) is 0 Å². The molecule has 4 heteroatoms. The number of hydrogen-bond donors (Lipinski definition) is 1. The maximum Gasteiger partial charge on any atom is 0.227 e. The van der Waals surface area contributed by atoms with Crippen molar-refractivity contribution in [2.75, 3.05) is 30.4 Å². The van der Waals surface area contributed by atoms with Crippen LogP contribution in [0.4, 0.5) is 11.4 Å². The number of carbonyl (C=O) groups excluding carboxylic acids is 1. The summed E-state index contributed by atoms with van der Waals surface area (Å²) >= 11 is 0. The SMILES string of the molecule is CCOCCCC(=O)N1CCc2ccc(N)cc21. The van der Waals surface area contributed by atoms with Crippen molar-refractivity contribution in [3.63, 3.8) is 0 Å². The van der Waals surface area contributed by atoms with Gasteiger partial charge in [0.15, 0.2) is 0 Å². The van der Waals surface area contributed by atoms with E-state index in [1.165, 1.54) is 5.56 Å². The minimum absolute atomic E-state index is 0.166. The van der Waals surface area contributed by atoms with Gasteiger partial charge in [0.05, 0.1) is 0 Å². The molecule has 1 aromatic carbocycles. The van der Waals surface area contributed by atoms with Gasteiger partial charge in [-0.3, -0.25) is 4.79 Å². The zero-order valence-corrected chi connectivity index (χ0v) is 10.8. The molecular formula is C14H20N2O2. The molecular weight excluding hydrogens is 228 g/mol. The first kappa shape index (κ1) is 12.9. The van der Waals surface area contributed by atoms with Crippen LogP contribution in [-0.4, -0.2) is 25.7 Å². The molecule has 0 spiro atoms. The Morgan fingerprint density at radius 2 is 2.33 bits per heavy atom. The van der Waals surface area contributed by atoms with E-state index >= 15 is 0 Å². The van der Waals surface area contributed by atoms with Gasteiger partial charge < -0.3 is 15.4 Å². The number of nitrogen functional groups attached to an aromatic ring is 1. The smallest absolute Gasteiger partial charge is 0.227 e. The van der Waals surface area contributed by atoms with E-state index in [-0.39, 0.29) is 5.91 Å². The highest BCUT2D eigenvalue weighted by Crippen LogP contribution is 2.30. The molecule has 1 heterocycles. The van der Waals surface area contributed by atoms with Gasteiger partial charge in [-0.15, -0.1) is 0 Å². The molecule has 0 unspecified atom stereocenters. The van der Waals surface area contributed by atoms with Gasteiger partial charge in [-0.2, -0.15) is 0 Å². The van der Waals surface area contributed by atoms with E-state index < -0.39 is 0 Å². The highest BCUT2D eigenvalue weighted by molar-refractivity contribution is 5.96. The molecule has 0 aromatic heterocycles. The van der Waals surface area contributed by atoms with Crippen LogP contribution >= 0.6 is 0 Å². The summed E-state index contributed by atoms with van der Waals surface area (Å²) in [5.74, 6) is 0.166. The van der Waals surface area contributed by atoms with Crippen molar-refractivity contribution in [2.24, 2.45) is 0 Å². The average molecular weight is 248 g/mol. The Balaban J connectivity index is 1.95. The Morgan fingerprint density at radius 3 is 3.11 bits per heavy atom. The minimum atomic E-state index is 0.166. The quantitative estimate of drug-likeness (QED) is 0.640. The number of amides is 1. The topological polar surface area (TPSA) is 55.6 Å². The largest absolute Gasteiger partial charge is 0.399 e. The molecule has 1 amide bonds. The summed E-state index contributed by atoms with van der Waals surface area (Å²) in [7, 11) is 0. The molecule has 2 rings (SSSR count). The third-order valence-corrected chi connectivity index (χ3v) is 3.19. The van der Waals surface area contributed by atoms with Crippen LogP contribution in [0.2, 0.25) is 0 Å². The average Bonchev–Trinajstić information content (AvgIpc) is 2.77. The summed E-state index contributed by atoms with van der Waals surface area (Å²) in [5, 5.41) is 0. The van der Waals surface area contributed by atoms with Crippen LogP contribution in [-0.2, 0) is 16.0 Å². The molecule has 0 atom stereocenters. The van der Waals surface area contributed by atoms with Crippen molar-refractivity contribution in [3.8, 4) is 0 Å². The van der Waals surface area contributed by atoms with Crippen LogP contribution in [0.15, 0.2) is 18.2 Å². The number of carbonyl (C=O) groups is 1. The fourth-order valence-corrected chi connectivity index (χ4v) is 2.26. The molecule has 0 saturated carbocycles. The normalized spacial score (nSPS) is 13.7. The number of hydrogen-bond acceptors (Lipinski definition) is 3. The predicted molar refractivity (Wildman–Crippen MR) is 72.6 cm³/mol. The number of ether oxygens (including phenoxy) is 1. The summed E-state index contributed by atoms with van der Waals surface area (Å²) in [6.45, 7) is 4.09. The van der Waals surface area contributed by atoms with Crippen molar-refractivity contribution < 1.29 is 9.53 Å². The van der Waals surface area contributed by atoms with Crippen molar-refractivity contribution in [3.05, 3.63) is 23.8 Å². The van der Waals surface area contributed by atoms with Crippen molar-refractivity contribution in [1.82, 2.24) is 0 Å². The Labute approximate surface area is 108 Å². The standard InChI is InChI=1S/C14H20N2O2/c1-2-18-9-3-4-14(17)16-8-7-11-5-6-12(15)10-13(11)16/h5-6,10H,2-4,7-9,15H2,1H3. The molecule has 98 valence electrons. The first-order valence-corrected chi connectivity index (χ1v) is 6.49. The highest BCUT2D eigenvalue weighted by Gasteiger charge is 2.24. The molecule has 1 aliphatic heterocycles. The lowest BCUT2D eigenvalue weighted by Gasteiger charge is -2.17. The van der Waals surface area contributed by atoms with Gasteiger partial charge in [0.25, 0.3) is 0 Å². The monoisotopic (exact) mass is 248 g/mol. The molecule has 0 bridgehead atoms. The molecule has 18 heavy (non-hydrogen) atoms. The number of nitrogens with two attached hydrogens (primary N) is 1. The van der Waals surface area contributed by atoms with E-state index in [0.29, 0.717) is 25.3 Å². The second-order valence-electron chi connectivity index (χ2n) is 4.48. The Hall–Kier alpha value is -1.55.